The zero-order valence-electron chi connectivity index (χ0n) is 12.6. The molecule has 0 spiro atoms. The van der Waals surface area contributed by atoms with Crippen molar-refractivity contribution in [1.82, 2.24) is 9.55 Å². The van der Waals surface area contributed by atoms with Gasteiger partial charge in [0, 0.05) is 17.3 Å². The molecule has 0 radical (unpaired) electrons. The van der Waals surface area contributed by atoms with E-state index in [9.17, 15) is 14.4 Å². The van der Waals surface area contributed by atoms with Crippen LogP contribution in [0.2, 0.25) is 0 Å². The molecule has 1 aromatic carbocycles. The first-order valence-corrected chi connectivity index (χ1v) is 6.78. The van der Waals surface area contributed by atoms with Crippen LogP contribution < -0.4 is 11.2 Å². The Balaban J connectivity index is 2.60. The largest absolute Gasteiger partial charge is 0.335 e. The molecule has 2 aromatic rings. The number of carbonyl (C=O) groups excluding carboxylic acids is 1. The zero-order chi connectivity index (χ0) is 15.7. The minimum absolute atomic E-state index is 0.0763. The van der Waals surface area contributed by atoms with Gasteiger partial charge in [0.25, 0.3) is 11.5 Å². The van der Waals surface area contributed by atoms with E-state index in [1.54, 1.807) is 12.1 Å². The third-order valence-corrected chi connectivity index (χ3v) is 3.28. The molecule has 5 nitrogen and oxygen atoms in total. The van der Waals surface area contributed by atoms with E-state index in [0.717, 1.165) is 15.7 Å². The van der Waals surface area contributed by atoms with Crippen LogP contribution >= 0.6 is 0 Å². The number of nitrogens with zero attached hydrogens (tertiary/aromatic N) is 1. The molecule has 1 aromatic heterocycles. The monoisotopic (exact) mass is 286 g/mol. The van der Waals surface area contributed by atoms with Gasteiger partial charge in [-0.3, -0.25) is 14.6 Å². The number of aryl methyl sites for hydroxylation is 2. The fourth-order valence-electron chi connectivity index (χ4n) is 2.29. The average Bonchev–Trinajstić information content (AvgIpc) is 2.36. The summed E-state index contributed by atoms with van der Waals surface area (Å²) in [5.74, 6) is -0.516. The number of aromatic amines is 1. The molecule has 1 N–H and O–H groups in total. The Labute approximate surface area is 122 Å². The molecule has 21 heavy (non-hydrogen) atoms. The summed E-state index contributed by atoms with van der Waals surface area (Å²) in [7, 11) is 0. The molecule has 0 atom stereocenters. The van der Waals surface area contributed by atoms with Gasteiger partial charge in [-0.1, -0.05) is 31.0 Å². The Bertz CT molecular complexity index is 793. The number of hydrogen-bond acceptors (Lipinski definition) is 3. The van der Waals surface area contributed by atoms with E-state index in [4.69, 9.17) is 0 Å². The Morgan fingerprint density at radius 2 is 1.67 bits per heavy atom. The van der Waals surface area contributed by atoms with Crippen LogP contribution in [0.3, 0.4) is 0 Å². The second-order valence-electron chi connectivity index (χ2n) is 5.55. The number of rotatable bonds is 2. The molecule has 0 aliphatic carbocycles. The van der Waals surface area contributed by atoms with E-state index in [2.05, 4.69) is 4.98 Å². The van der Waals surface area contributed by atoms with Gasteiger partial charge >= 0.3 is 5.69 Å². The highest BCUT2D eigenvalue weighted by Crippen LogP contribution is 2.11. The van der Waals surface area contributed by atoms with E-state index < -0.39 is 17.2 Å². The second kappa shape index (κ2) is 5.52. The van der Waals surface area contributed by atoms with Gasteiger partial charge in [0.15, 0.2) is 0 Å². The first kappa shape index (κ1) is 15.0. The molecule has 0 bridgehead atoms. The number of nitrogens with one attached hydrogen (secondary N) is 1. The minimum Gasteiger partial charge on any atom is -0.273 e. The van der Waals surface area contributed by atoms with Crippen molar-refractivity contribution in [2.45, 2.75) is 33.6 Å². The number of carbonyl (C=O) groups is 1. The van der Waals surface area contributed by atoms with Crippen LogP contribution in [0.5, 0.6) is 0 Å². The van der Waals surface area contributed by atoms with Gasteiger partial charge in [-0.2, -0.15) is 0 Å². The summed E-state index contributed by atoms with van der Waals surface area (Å²) in [6.07, 6.45) is 1.34. The third-order valence-electron chi connectivity index (χ3n) is 3.28. The first-order chi connectivity index (χ1) is 9.79. The SMILES string of the molecule is Cc1cc(C)cc(C(=O)n2cc(C(C)C)c(=O)[nH]c2=O)c1. The molecular formula is C16H18N2O3. The van der Waals surface area contributed by atoms with E-state index in [1.165, 1.54) is 6.20 Å². The third kappa shape index (κ3) is 3.02. The number of benzene rings is 1. The predicted molar refractivity (Wildman–Crippen MR) is 81.1 cm³/mol. The van der Waals surface area contributed by atoms with Crippen molar-refractivity contribution in [3.63, 3.8) is 0 Å². The van der Waals surface area contributed by atoms with Crippen molar-refractivity contribution in [2.75, 3.05) is 0 Å². The lowest BCUT2D eigenvalue weighted by Gasteiger charge is -2.09. The topological polar surface area (TPSA) is 71.9 Å². The fraction of sp³-hybridized carbons (Fsp3) is 0.312. The quantitative estimate of drug-likeness (QED) is 0.917. The summed E-state index contributed by atoms with van der Waals surface area (Å²) in [6.45, 7) is 7.44. The summed E-state index contributed by atoms with van der Waals surface area (Å²) in [5.41, 5.74) is 1.57. The Morgan fingerprint density at radius 1 is 1.10 bits per heavy atom. The number of aromatic nitrogens is 2. The van der Waals surface area contributed by atoms with Crippen LogP contribution in [-0.4, -0.2) is 15.5 Å². The lowest BCUT2D eigenvalue weighted by Crippen LogP contribution is -2.36. The highest BCUT2D eigenvalue weighted by molar-refractivity contribution is 5.96. The molecule has 5 heteroatoms. The standard InChI is InChI=1S/C16H18N2O3/c1-9(2)13-8-18(16(21)17-14(13)19)15(20)12-6-10(3)5-11(4)7-12/h5-9H,1-4H3,(H,17,19,21). The van der Waals surface area contributed by atoms with Gasteiger partial charge < -0.3 is 0 Å². The van der Waals surface area contributed by atoms with Crippen molar-refractivity contribution in [1.29, 1.82) is 0 Å². The van der Waals surface area contributed by atoms with Gasteiger partial charge in [0.1, 0.15) is 0 Å². The fourth-order valence-corrected chi connectivity index (χ4v) is 2.29. The molecule has 2 rings (SSSR count). The van der Waals surface area contributed by atoms with Crippen molar-refractivity contribution in [3.8, 4) is 0 Å². The molecule has 110 valence electrons. The smallest absolute Gasteiger partial charge is 0.273 e. The van der Waals surface area contributed by atoms with Crippen LogP contribution in [0.4, 0.5) is 0 Å². The molecule has 0 aliphatic rings. The normalized spacial score (nSPS) is 10.9. The van der Waals surface area contributed by atoms with Gasteiger partial charge in [0.2, 0.25) is 0 Å². The van der Waals surface area contributed by atoms with Gasteiger partial charge in [-0.15, -0.1) is 0 Å². The van der Waals surface area contributed by atoms with E-state index >= 15 is 0 Å². The van der Waals surface area contributed by atoms with E-state index in [0.29, 0.717) is 11.1 Å². The van der Waals surface area contributed by atoms with Crippen molar-refractivity contribution in [3.05, 3.63) is 67.5 Å². The number of hydrogen-bond donors (Lipinski definition) is 1. The minimum atomic E-state index is -0.714. The Hall–Kier alpha value is -2.43. The highest BCUT2D eigenvalue weighted by Gasteiger charge is 2.15. The molecule has 0 amide bonds. The first-order valence-electron chi connectivity index (χ1n) is 6.78. The van der Waals surface area contributed by atoms with Gasteiger partial charge in [-0.05, 0) is 31.9 Å². The van der Waals surface area contributed by atoms with Crippen LogP contribution in [0.25, 0.3) is 0 Å². The van der Waals surface area contributed by atoms with Crippen molar-refractivity contribution < 1.29 is 4.79 Å². The van der Waals surface area contributed by atoms with Gasteiger partial charge in [0.05, 0.1) is 0 Å². The maximum atomic E-state index is 12.5. The predicted octanol–water partition coefficient (Wildman–Crippen LogP) is 1.97. The maximum absolute atomic E-state index is 12.5. The lowest BCUT2D eigenvalue weighted by molar-refractivity contribution is 0.0953. The molecule has 0 aliphatic heterocycles. The second-order valence-corrected chi connectivity index (χ2v) is 5.55. The Kier molecular flexibility index (Phi) is 3.93. The summed E-state index contributed by atoms with van der Waals surface area (Å²) in [5, 5.41) is 0. The number of H-pyrrole nitrogens is 1. The van der Waals surface area contributed by atoms with Gasteiger partial charge in [-0.25, -0.2) is 9.36 Å². The zero-order valence-corrected chi connectivity index (χ0v) is 12.6. The summed E-state index contributed by atoms with van der Waals surface area (Å²) >= 11 is 0. The van der Waals surface area contributed by atoms with Crippen LogP contribution in [0.15, 0.2) is 34.0 Å². The van der Waals surface area contributed by atoms with E-state index in [1.807, 2.05) is 33.8 Å². The van der Waals surface area contributed by atoms with Crippen molar-refractivity contribution >= 4 is 5.91 Å². The molecule has 0 saturated heterocycles. The molecule has 1 heterocycles. The molecule has 0 fully saturated rings. The average molecular weight is 286 g/mol. The lowest BCUT2D eigenvalue weighted by atomic mass is 10.1. The van der Waals surface area contributed by atoms with Crippen LogP contribution in [0.1, 0.15) is 46.8 Å². The summed E-state index contributed by atoms with van der Waals surface area (Å²) in [4.78, 5) is 38.3. The summed E-state index contributed by atoms with van der Waals surface area (Å²) in [6, 6.07) is 5.40. The molecule has 0 unspecified atom stereocenters. The highest BCUT2D eigenvalue weighted by atomic mass is 16.2. The molecular weight excluding hydrogens is 268 g/mol. The van der Waals surface area contributed by atoms with Crippen LogP contribution in [-0.2, 0) is 0 Å². The summed E-state index contributed by atoms with van der Waals surface area (Å²) < 4.78 is 0.963. The molecule has 0 saturated carbocycles. The van der Waals surface area contributed by atoms with Crippen LogP contribution in [0, 0.1) is 13.8 Å². The maximum Gasteiger partial charge on any atom is 0.335 e. The Morgan fingerprint density at radius 3 is 2.19 bits per heavy atom. The van der Waals surface area contributed by atoms with E-state index in [-0.39, 0.29) is 5.92 Å². The van der Waals surface area contributed by atoms with Crippen molar-refractivity contribution in [2.24, 2.45) is 0 Å².